The molecule has 1 aromatic carbocycles. The van der Waals surface area contributed by atoms with Gasteiger partial charge < -0.3 is 5.32 Å². The molecule has 0 atom stereocenters. The van der Waals surface area contributed by atoms with Crippen LogP contribution in [-0.4, -0.2) is 19.9 Å². The molecule has 0 aliphatic heterocycles. The van der Waals surface area contributed by atoms with Gasteiger partial charge in [0, 0.05) is 12.7 Å². The fourth-order valence-electron chi connectivity index (χ4n) is 1.83. The third-order valence-electron chi connectivity index (χ3n) is 3.10. The van der Waals surface area contributed by atoms with Gasteiger partial charge in [0.05, 0.1) is 16.8 Å². The van der Waals surface area contributed by atoms with Crippen LogP contribution in [0.5, 0.6) is 0 Å². The van der Waals surface area contributed by atoms with Crippen LogP contribution < -0.4 is 10.0 Å². The van der Waals surface area contributed by atoms with Crippen LogP contribution in [0.15, 0.2) is 47.6 Å². The van der Waals surface area contributed by atoms with Gasteiger partial charge in [-0.2, -0.15) is 0 Å². The second-order valence-corrected chi connectivity index (χ2v) is 6.40. The van der Waals surface area contributed by atoms with Gasteiger partial charge in [0.25, 0.3) is 10.0 Å². The Kier molecular flexibility index (Phi) is 4.93. The van der Waals surface area contributed by atoms with Crippen LogP contribution in [0.3, 0.4) is 0 Å². The second-order valence-electron chi connectivity index (χ2n) is 4.72. The van der Waals surface area contributed by atoms with Crippen molar-refractivity contribution in [3.05, 3.63) is 53.9 Å². The fourth-order valence-corrected chi connectivity index (χ4v) is 2.95. The van der Waals surface area contributed by atoms with E-state index in [4.69, 9.17) is 0 Å². The Morgan fingerprint density at radius 2 is 1.86 bits per heavy atom. The van der Waals surface area contributed by atoms with E-state index in [1.807, 2.05) is 26.0 Å². The molecule has 0 saturated heterocycles. The van der Waals surface area contributed by atoms with Crippen molar-refractivity contribution in [2.45, 2.75) is 25.3 Å². The van der Waals surface area contributed by atoms with E-state index in [9.17, 15) is 8.42 Å². The third kappa shape index (κ3) is 4.03. The maximum atomic E-state index is 12.3. The summed E-state index contributed by atoms with van der Waals surface area (Å²) < 4.78 is 27.2. The molecule has 2 aromatic rings. The first kappa shape index (κ1) is 15.5. The molecule has 0 radical (unpaired) electrons. The van der Waals surface area contributed by atoms with E-state index in [0.717, 1.165) is 24.2 Å². The predicted octanol–water partition coefficient (Wildman–Crippen LogP) is 2.30. The number of nitrogens with one attached hydrogen (secondary N) is 2. The molecule has 1 heterocycles. The van der Waals surface area contributed by atoms with Crippen molar-refractivity contribution < 1.29 is 8.42 Å². The number of sulfonamides is 1. The number of benzene rings is 1. The molecule has 2 rings (SSSR count). The quantitative estimate of drug-likeness (QED) is 0.859. The molecule has 1 aromatic heterocycles. The molecule has 0 fully saturated rings. The summed E-state index contributed by atoms with van der Waals surface area (Å²) in [6.07, 6.45) is 3.13. The summed E-state index contributed by atoms with van der Waals surface area (Å²) in [6, 6.07) is 8.61. The van der Waals surface area contributed by atoms with E-state index in [1.54, 1.807) is 24.4 Å². The average Bonchev–Trinajstić information content (AvgIpc) is 2.48. The minimum atomic E-state index is -3.58. The van der Waals surface area contributed by atoms with Crippen molar-refractivity contribution in [2.24, 2.45) is 0 Å². The van der Waals surface area contributed by atoms with Crippen molar-refractivity contribution in [3.63, 3.8) is 0 Å². The van der Waals surface area contributed by atoms with Gasteiger partial charge in [-0.25, -0.2) is 8.42 Å². The summed E-state index contributed by atoms with van der Waals surface area (Å²) >= 11 is 0. The lowest BCUT2D eigenvalue weighted by Crippen LogP contribution is -2.15. The van der Waals surface area contributed by atoms with E-state index in [1.165, 1.54) is 6.20 Å². The Morgan fingerprint density at radius 3 is 2.48 bits per heavy atom. The molecule has 21 heavy (non-hydrogen) atoms. The summed E-state index contributed by atoms with van der Waals surface area (Å²) in [7, 11) is -3.58. The maximum Gasteiger partial charge on any atom is 0.261 e. The van der Waals surface area contributed by atoms with Crippen molar-refractivity contribution in [1.82, 2.24) is 10.3 Å². The molecule has 2 N–H and O–H groups in total. The van der Waals surface area contributed by atoms with Crippen molar-refractivity contribution in [1.29, 1.82) is 0 Å². The highest BCUT2D eigenvalue weighted by atomic mass is 32.2. The van der Waals surface area contributed by atoms with Gasteiger partial charge in [-0.1, -0.05) is 19.1 Å². The molecular formula is C15H19N3O2S. The lowest BCUT2D eigenvalue weighted by Gasteiger charge is -2.10. The van der Waals surface area contributed by atoms with Crippen LogP contribution >= 0.6 is 0 Å². The largest absolute Gasteiger partial charge is 0.313 e. The molecule has 0 aliphatic carbocycles. The lowest BCUT2D eigenvalue weighted by molar-refractivity contribution is 0.601. The molecule has 6 heteroatoms. The van der Waals surface area contributed by atoms with Crippen LogP contribution in [0.25, 0.3) is 0 Å². The zero-order valence-corrected chi connectivity index (χ0v) is 12.9. The van der Waals surface area contributed by atoms with Crippen LogP contribution in [0.2, 0.25) is 0 Å². The minimum absolute atomic E-state index is 0.242. The maximum absolute atomic E-state index is 12.3. The first-order valence-electron chi connectivity index (χ1n) is 6.76. The average molecular weight is 305 g/mol. The minimum Gasteiger partial charge on any atom is -0.313 e. The third-order valence-corrected chi connectivity index (χ3v) is 4.48. The van der Waals surface area contributed by atoms with Crippen LogP contribution in [0.1, 0.15) is 18.1 Å². The molecule has 0 saturated carbocycles. The van der Waals surface area contributed by atoms with E-state index < -0.39 is 10.0 Å². The highest BCUT2D eigenvalue weighted by Gasteiger charge is 2.15. The molecule has 0 aliphatic rings. The molecular weight excluding hydrogens is 286 g/mol. The number of anilines is 1. The first-order valence-corrected chi connectivity index (χ1v) is 8.24. The Hall–Kier alpha value is -1.92. The normalized spacial score (nSPS) is 11.3. The van der Waals surface area contributed by atoms with E-state index >= 15 is 0 Å². The zero-order chi connectivity index (χ0) is 15.3. The standard InChI is InChI=1S/C15H19N3O2S/c1-3-16-10-13-4-6-14(7-5-13)21(19,20)18-15-11-17-9-8-12(15)2/h4-9,11,16,18H,3,10H2,1-2H3. The fraction of sp³-hybridized carbons (Fsp3) is 0.267. The van der Waals surface area contributed by atoms with E-state index in [-0.39, 0.29) is 4.90 Å². The van der Waals surface area contributed by atoms with Gasteiger partial charge >= 0.3 is 0 Å². The number of hydrogen-bond donors (Lipinski definition) is 2. The number of hydrogen-bond acceptors (Lipinski definition) is 4. The molecule has 0 amide bonds. The summed E-state index contributed by atoms with van der Waals surface area (Å²) in [4.78, 5) is 4.18. The van der Waals surface area contributed by atoms with Gasteiger partial charge in [-0.3, -0.25) is 9.71 Å². The van der Waals surface area contributed by atoms with Crippen molar-refractivity contribution >= 4 is 15.7 Å². The smallest absolute Gasteiger partial charge is 0.261 e. The Bertz CT molecular complexity index is 697. The van der Waals surface area contributed by atoms with E-state index in [0.29, 0.717) is 5.69 Å². The van der Waals surface area contributed by atoms with Crippen LogP contribution in [0.4, 0.5) is 5.69 Å². The van der Waals surface area contributed by atoms with Gasteiger partial charge in [-0.05, 0) is 42.8 Å². The molecule has 5 nitrogen and oxygen atoms in total. The Morgan fingerprint density at radius 1 is 1.14 bits per heavy atom. The molecule has 0 spiro atoms. The first-order chi connectivity index (χ1) is 10.0. The number of rotatable bonds is 6. The van der Waals surface area contributed by atoms with E-state index in [2.05, 4.69) is 15.0 Å². The van der Waals surface area contributed by atoms with Crippen LogP contribution in [-0.2, 0) is 16.6 Å². The van der Waals surface area contributed by atoms with Gasteiger partial charge in [0.15, 0.2) is 0 Å². The Balaban J connectivity index is 2.18. The predicted molar refractivity (Wildman–Crippen MR) is 83.6 cm³/mol. The number of pyridine rings is 1. The molecule has 112 valence electrons. The van der Waals surface area contributed by atoms with Gasteiger partial charge in [-0.15, -0.1) is 0 Å². The summed E-state index contributed by atoms with van der Waals surface area (Å²) in [5.41, 5.74) is 2.37. The summed E-state index contributed by atoms with van der Waals surface area (Å²) in [6.45, 7) is 5.46. The summed E-state index contributed by atoms with van der Waals surface area (Å²) in [5, 5.41) is 3.20. The highest BCUT2D eigenvalue weighted by molar-refractivity contribution is 7.92. The number of aryl methyl sites for hydroxylation is 1. The Labute approximate surface area is 125 Å². The molecule has 0 unspecified atom stereocenters. The van der Waals surface area contributed by atoms with Crippen molar-refractivity contribution in [3.8, 4) is 0 Å². The van der Waals surface area contributed by atoms with Crippen LogP contribution in [0, 0.1) is 6.92 Å². The number of nitrogens with zero attached hydrogens (tertiary/aromatic N) is 1. The monoisotopic (exact) mass is 305 g/mol. The zero-order valence-electron chi connectivity index (χ0n) is 12.1. The number of aromatic nitrogens is 1. The summed E-state index contributed by atoms with van der Waals surface area (Å²) in [5.74, 6) is 0. The second kappa shape index (κ2) is 6.69. The lowest BCUT2D eigenvalue weighted by atomic mass is 10.2. The van der Waals surface area contributed by atoms with Crippen molar-refractivity contribution in [2.75, 3.05) is 11.3 Å². The SMILES string of the molecule is CCNCc1ccc(S(=O)(=O)Nc2cnccc2C)cc1. The van der Waals surface area contributed by atoms with Gasteiger partial charge in [0.1, 0.15) is 0 Å². The molecule has 0 bridgehead atoms. The highest BCUT2D eigenvalue weighted by Crippen LogP contribution is 2.18. The van der Waals surface area contributed by atoms with Gasteiger partial charge in [0.2, 0.25) is 0 Å². The topological polar surface area (TPSA) is 71.1 Å².